The number of thioether (sulfide) groups is 1. The standard InChI is InChI=1S/C7H11NO4S/c1-11-6(9)4-3-13-5(8-4)7(10)12-2/h4-5,8H,3H2,1-2H3/t4-,5-/m1/s1. The normalized spacial score (nSPS) is 26.9. The molecule has 74 valence electrons. The molecule has 0 aromatic heterocycles. The fourth-order valence-electron chi connectivity index (χ4n) is 0.993. The van der Waals surface area contributed by atoms with Crippen LogP contribution in [0.25, 0.3) is 0 Å². The fourth-order valence-corrected chi connectivity index (χ4v) is 2.10. The first-order valence-corrected chi connectivity index (χ1v) is 4.77. The molecule has 0 aromatic carbocycles. The van der Waals surface area contributed by atoms with Crippen molar-refractivity contribution in [2.75, 3.05) is 20.0 Å². The third-order valence-corrected chi connectivity index (χ3v) is 2.87. The molecule has 1 fully saturated rings. The van der Waals surface area contributed by atoms with Gasteiger partial charge in [0.25, 0.3) is 0 Å². The molecule has 0 saturated carbocycles. The molecule has 1 saturated heterocycles. The summed E-state index contributed by atoms with van der Waals surface area (Å²) in [6.45, 7) is 0. The van der Waals surface area contributed by atoms with Gasteiger partial charge in [-0.3, -0.25) is 10.1 Å². The van der Waals surface area contributed by atoms with Crippen LogP contribution in [0.5, 0.6) is 0 Å². The van der Waals surface area contributed by atoms with Gasteiger partial charge in [0.05, 0.1) is 14.2 Å². The molecule has 13 heavy (non-hydrogen) atoms. The van der Waals surface area contributed by atoms with Gasteiger partial charge in [0.1, 0.15) is 6.04 Å². The van der Waals surface area contributed by atoms with Crippen molar-refractivity contribution in [2.45, 2.75) is 11.4 Å². The molecule has 1 heterocycles. The quantitative estimate of drug-likeness (QED) is 0.605. The van der Waals surface area contributed by atoms with E-state index in [1.54, 1.807) is 0 Å². The molecule has 0 aliphatic carbocycles. The first kappa shape index (κ1) is 10.3. The van der Waals surface area contributed by atoms with Crippen LogP contribution in [0.1, 0.15) is 0 Å². The third-order valence-electron chi connectivity index (χ3n) is 1.68. The van der Waals surface area contributed by atoms with Crippen LogP contribution >= 0.6 is 11.8 Å². The van der Waals surface area contributed by atoms with Crippen molar-refractivity contribution in [3.8, 4) is 0 Å². The highest BCUT2D eigenvalue weighted by Gasteiger charge is 2.34. The molecular weight excluding hydrogens is 194 g/mol. The van der Waals surface area contributed by atoms with Crippen molar-refractivity contribution in [2.24, 2.45) is 0 Å². The molecule has 1 aliphatic rings. The Balaban J connectivity index is 2.44. The Morgan fingerprint density at radius 3 is 2.46 bits per heavy atom. The number of esters is 2. The Hall–Kier alpha value is -0.750. The monoisotopic (exact) mass is 205 g/mol. The number of rotatable bonds is 2. The second-order valence-corrected chi connectivity index (χ2v) is 3.62. The topological polar surface area (TPSA) is 64.6 Å². The Morgan fingerprint density at radius 1 is 1.31 bits per heavy atom. The number of hydrogen-bond donors (Lipinski definition) is 1. The van der Waals surface area contributed by atoms with Gasteiger partial charge in [0.2, 0.25) is 0 Å². The number of carbonyl (C=O) groups is 2. The zero-order valence-electron chi connectivity index (χ0n) is 7.40. The van der Waals surface area contributed by atoms with E-state index in [4.69, 9.17) is 0 Å². The van der Waals surface area contributed by atoms with Crippen molar-refractivity contribution >= 4 is 23.7 Å². The summed E-state index contributed by atoms with van der Waals surface area (Å²) in [6.07, 6.45) is 0. The minimum absolute atomic E-state index is 0.348. The van der Waals surface area contributed by atoms with Gasteiger partial charge in [-0.25, -0.2) is 4.79 Å². The minimum atomic E-state index is -0.450. The van der Waals surface area contributed by atoms with Crippen molar-refractivity contribution in [3.05, 3.63) is 0 Å². The summed E-state index contributed by atoms with van der Waals surface area (Å²) in [7, 11) is 2.64. The summed E-state index contributed by atoms with van der Waals surface area (Å²) in [5.74, 6) is -0.179. The van der Waals surface area contributed by atoms with E-state index in [2.05, 4.69) is 14.8 Å². The van der Waals surface area contributed by atoms with Crippen LogP contribution in [-0.2, 0) is 19.1 Å². The van der Waals surface area contributed by atoms with Crippen LogP contribution < -0.4 is 5.32 Å². The molecular formula is C7H11NO4S. The van der Waals surface area contributed by atoms with Gasteiger partial charge in [0, 0.05) is 5.75 Å². The second-order valence-electron chi connectivity index (χ2n) is 2.48. The Labute approximate surface area is 80.1 Å². The molecule has 0 unspecified atom stereocenters. The maximum Gasteiger partial charge on any atom is 0.333 e. The lowest BCUT2D eigenvalue weighted by atomic mass is 10.3. The average Bonchev–Trinajstić information content (AvgIpc) is 2.64. The molecule has 0 bridgehead atoms. The van der Waals surface area contributed by atoms with Crippen molar-refractivity contribution < 1.29 is 19.1 Å². The molecule has 1 N–H and O–H groups in total. The van der Waals surface area contributed by atoms with E-state index in [0.29, 0.717) is 5.75 Å². The van der Waals surface area contributed by atoms with E-state index in [1.165, 1.54) is 26.0 Å². The summed E-state index contributed by atoms with van der Waals surface area (Å²) in [6, 6.07) is -0.404. The van der Waals surface area contributed by atoms with Crippen LogP contribution in [0, 0.1) is 0 Å². The lowest BCUT2D eigenvalue weighted by molar-refractivity contribution is -0.143. The molecule has 0 spiro atoms. The smallest absolute Gasteiger partial charge is 0.333 e. The van der Waals surface area contributed by atoms with Crippen LogP contribution in [0.3, 0.4) is 0 Å². The van der Waals surface area contributed by atoms with Crippen LogP contribution in [0.15, 0.2) is 0 Å². The lowest BCUT2D eigenvalue weighted by Gasteiger charge is -2.09. The van der Waals surface area contributed by atoms with Gasteiger partial charge >= 0.3 is 11.9 Å². The van der Waals surface area contributed by atoms with Crippen LogP contribution in [0.2, 0.25) is 0 Å². The molecule has 0 radical (unpaired) electrons. The van der Waals surface area contributed by atoms with E-state index in [9.17, 15) is 9.59 Å². The maximum absolute atomic E-state index is 11.0. The number of methoxy groups -OCH3 is 2. The largest absolute Gasteiger partial charge is 0.468 e. The van der Waals surface area contributed by atoms with E-state index in [0.717, 1.165) is 0 Å². The van der Waals surface area contributed by atoms with Gasteiger partial charge in [0.15, 0.2) is 5.37 Å². The second kappa shape index (κ2) is 4.48. The van der Waals surface area contributed by atoms with E-state index >= 15 is 0 Å². The lowest BCUT2D eigenvalue weighted by Crippen LogP contribution is -2.40. The highest BCUT2D eigenvalue weighted by molar-refractivity contribution is 8.00. The summed E-state index contributed by atoms with van der Waals surface area (Å²) in [5, 5.41) is 2.36. The third kappa shape index (κ3) is 2.35. The Bertz CT molecular complexity index is 199. The Morgan fingerprint density at radius 2 is 1.92 bits per heavy atom. The van der Waals surface area contributed by atoms with Crippen LogP contribution in [0.4, 0.5) is 0 Å². The fraction of sp³-hybridized carbons (Fsp3) is 0.714. The molecule has 1 aliphatic heterocycles. The van der Waals surface area contributed by atoms with Crippen molar-refractivity contribution in [1.82, 2.24) is 5.32 Å². The van der Waals surface area contributed by atoms with Crippen molar-refractivity contribution in [3.63, 3.8) is 0 Å². The van der Waals surface area contributed by atoms with Gasteiger partial charge in [-0.2, -0.15) is 0 Å². The maximum atomic E-state index is 11.0. The van der Waals surface area contributed by atoms with Gasteiger partial charge in [-0.15, -0.1) is 11.8 Å². The summed E-state index contributed by atoms with van der Waals surface area (Å²) < 4.78 is 9.05. The summed E-state index contributed by atoms with van der Waals surface area (Å²) >= 11 is 1.34. The minimum Gasteiger partial charge on any atom is -0.468 e. The van der Waals surface area contributed by atoms with Gasteiger partial charge in [-0.1, -0.05) is 0 Å². The predicted molar refractivity (Wildman–Crippen MR) is 47.2 cm³/mol. The molecule has 6 heteroatoms. The Kier molecular flexibility index (Phi) is 3.56. The molecule has 0 amide bonds. The first-order chi connectivity index (χ1) is 6.19. The number of carbonyl (C=O) groups excluding carboxylic acids is 2. The molecule has 5 nitrogen and oxygen atoms in total. The van der Waals surface area contributed by atoms with E-state index in [1.807, 2.05) is 0 Å². The zero-order valence-corrected chi connectivity index (χ0v) is 8.22. The number of nitrogens with one attached hydrogen (secondary N) is 1. The predicted octanol–water partition coefficient (Wildman–Crippen LogP) is -0.637. The van der Waals surface area contributed by atoms with Crippen LogP contribution in [-0.4, -0.2) is 43.3 Å². The summed E-state index contributed by atoms with van der Waals surface area (Å²) in [4.78, 5) is 22.0. The van der Waals surface area contributed by atoms with Gasteiger partial charge in [-0.05, 0) is 0 Å². The molecule has 0 aromatic rings. The van der Waals surface area contributed by atoms with E-state index < -0.39 is 11.4 Å². The highest BCUT2D eigenvalue weighted by atomic mass is 32.2. The number of hydrogen-bond acceptors (Lipinski definition) is 6. The van der Waals surface area contributed by atoms with Crippen molar-refractivity contribution in [1.29, 1.82) is 0 Å². The highest BCUT2D eigenvalue weighted by Crippen LogP contribution is 2.20. The molecule has 2 atom stereocenters. The molecule has 1 rings (SSSR count). The first-order valence-electron chi connectivity index (χ1n) is 3.72. The zero-order chi connectivity index (χ0) is 9.84. The summed E-state index contributed by atoms with van der Waals surface area (Å²) in [5.41, 5.74) is 0. The number of ether oxygens (including phenoxy) is 2. The van der Waals surface area contributed by atoms with E-state index in [-0.39, 0.29) is 11.9 Å². The van der Waals surface area contributed by atoms with Gasteiger partial charge < -0.3 is 9.47 Å². The average molecular weight is 205 g/mol. The SMILES string of the molecule is COC(=O)[C@@H]1N[C@@H](C(=O)OC)CS1.